The number of hydrogen-bond donors (Lipinski definition) is 0. The third-order valence-electron chi connectivity index (χ3n) is 5.15. The van der Waals surface area contributed by atoms with Crippen molar-refractivity contribution in [3.8, 4) is 0 Å². The molecule has 2 aliphatic heterocycles. The Labute approximate surface area is 150 Å². The monoisotopic (exact) mass is 371 g/mol. The Hall–Kier alpha value is -0.820. The third-order valence-corrected chi connectivity index (χ3v) is 7.60. The van der Waals surface area contributed by atoms with Gasteiger partial charge in [0.1, 0.15) is 0 Å². The first-order valence-electron chi connectivity index (χ1n) is 8.64. The number of piperidine rings is 1. The van der Waals surface area contributed by atoms with E-state index in [0.29, 0.717) is 45.2 Å². The minimum Gasteiger partial charge on any atom is -0.369 e. The van der Waals surface area contributed by atoms with Gasteiger partial charge in [-0.2, -0.15) is 17.0 Å². The summed E-state index contributed by atoms with van der Waals surface area (Å²) in [5, 5.41) is 0.755. The molecule has 0 radical (unpaired) electrons. The summed E-state index contributed by atoms with van der Waals surface area (Å²) in [4.78, 5) is 2.20. The fraction of sp³-hybridized carbons (Fsp3) is 0.647. The quantitative estimate of drug-likeness (QED) is 0.820. The van der Waals surface area contributed by atoms with Gasteiger partial charge in [-0.3, -0.25) is 0 Å². The summed E-state index contributed by atoms with van der Waals surface area (Å²) in [6.07, 6.45) is 1.92. The van der Waals surface area contributed by atoms with Gasteiger partial charge in [-0.1, -0.05) is 24.6 Å². The van der Waals surface area contributed by atoms with Gasteiger partial charge < -0.3 is 4.90 Å². The van der Waals surface area contributed by atoms with Gasteiger partial charge in [-0.05, 0) is 43.4 Å². The molecule has 0 atom stereocenters. The summed E-state index contributed by atoms with van der Waals surface area (Å²) in [5.74, 6) is 0.625. The van der Waals surface area contributed by atoms with E-state index in [1.54, 1.807) is 8.61 Å². The van der Waals surface area contributed by atoms with E-state index in [0.717, 1.165) is 29.1 Å². The molecule has 1 aromatic rings. The molecule has 5 nitrogen and oxygen atoms in total. The van der Waals surface area contributed by atoms with E-state index in [1.807, 2.05) is 19.1 Å². The molecule has 0 saturated carbocycles. The highest BCUT2D eigenvalue weighted by molar-refractivity contribution is 7.86. The van der Waals surface area contributed by atoms with E-state index < -0.39 is 10.2 Å². The molecule has 3 rings (SSSR count). The SMILES string of the molecule is Cc1ccc(N2CCN(S(=O)(=O)N3CCC(C)CC3)CC2)cc1Cl. The van der Waals surface area contributed by atoms with E-state index in [4.69, 9.17) is 11.6 Å². The molecule has 134 valence electrons. The van der Waals surface area contributed by atoms with Crippen LogP contribution < -0.4 is 4.90 Å². The molecule has 0 unspecified atom stereocenters. The maximum atomic E-state index is 12.8. The van der Waals surface area contributed by atoms with Crippen LogP contribution >= 0.6 is 11.6 Å². The van der Waals surface area contributed by atoms with Crippen molar-refractivity contribution < 1.29 is 8.42 Å². The maximum Gasteiger partial charge on any atom is 0.282 e. The summed E-state index contributed by atoms with van der Waals surface area (Å²) in [5.41, 5.74) is 2.12. The number of rotatable bonds is 3. The molecular weight excluding hydrogens is 346 g/mol. The number of aryl methyl sites for hydroxylation is 1. The van der Waals surface area contributed by atoms with Crippen molar-refractivity contribution in [2.45, 2.75) is 26.7 Å². The van der Waals surface area contributed by atoms with Crippen LogP contribution in [0, 0.1) is 12.8 Å². The first kappa shape index (κ1) is 18.0. The topological polar surface area (TPSA) is 43.9 Å². The van der Waals surface area contributed by atoms with Crippen LogP contribution in [0.4, 0.5) is 5.69 Å². The predicted molar refractivity (Wildman–Crippen MR) is 98.9 cm³/mol. The smallest absolute Gasteiger partial charge is 0.282 e. The number of anilines is 1. The molecule has 0 N–H and O–H groups in total. The summed E-state index contributed by atoms with van der Waals surface area (Å²) < 4.78 is 28.9. The van der Waals surface area contributed by atoms with E-state index in [9.17, 15) is 8.42 Å². The molecule has 1 aromatic carbocycles. The van der Waals surface area contributed by atoms with Crippen molar-refractivity contribution in [3.63, 3.8) is 0 Å². The van der Waals surface area contributed by atoms with Crippen LogP contribution in [0.25, 0.3) is 0 Å². The van der Waals surface area contributed by atoms with Gasteiger partial charge in [-0.25, -0.2) is 0 Å². The molecule has 2 fully saturated rings. The number of piperazine rings is 1. The van der Waals surface area contributed by atoms with Crippen molar-refractivity contribution in [1.82, 2.24) is 8.61 Å². The lowest BCUT2D eigenvalue weighted by molar-refractivity contribution is 0.260. The van der Waals surface area contributed by atoms with Crippen molar-refractivity contribution in [1.29, 1.82) is 0 Å². The number of hydrogen-bond acceptors (Lipinski definition) is 3. The molecule has 24 heavy (non-hydrogen) atoms. The number of benzene rings is 1. The van der Waals surface area contributed by atoms with Crippen LogP contribution in [0.3, 0.4) is 0 Å². The molecule has 0 aromatic heterocycles. The Morgan fingerprint density at radius 3 is 2.17 bits per heavy atom. The van der Waals surface area contributed by atoms with Gasteiger partial charge in [0.15, 0.2) is 0 Å². The van der Waals surface area contributed by atoms with Crippen molar-refractivity contribution in [2.24, 2.45) is 5.92 Å². The summed E-state index contributed by atoms with van der Waals surface area (Å²) in [6, 6.07) is 6.03. The minimum atomic E-state index is -3.32. The van der Waals surface area contributed by atoms with Crippen LogP contribution in [0.2, 0.25) is 5.02 Å². The third kappa shape index (κ3) is 3.72. The zero-order valence-corrected chi connectivity index (χ0v) is 16.0. The van der Waals surface area contributed by atoms with Crippen LogP contribution in [0.5, 0.6) is 0 Å². The zero-order valence-electron chi connectivity index (χ0n) is 14.4. The van der Waals surface area contributed by atoms with Crippen molar-refractivity contribution >= 4 is 27.5 Å². The molecule has 0 bridgehead atoms. The summed E-state index contributed by atoms with van der Waals surface area (Å²) in [6.45, 7) is 7.92. The van der Waals surface area contributed by atoms with E-state index in [-0.39, 0.29) is 0 Å². The Bertz CT molecular complexity index is 679. The maximum absolute atomic E-state index is 12.8. The summed E-state index contributed by atoms with van der Waals surface area (Å²) >= 11 is 6.21. The van der Waals surface area contributed by atoms with Crippen LogP contribution in [0.1, 0.15) is 25.3 Å². The van der Waals surface area contributed by atoms with E-state index in [1.165, 1.54) is 0 Å². The Morgan fingerprint density at radius 1 is 1.00 bits per heavy atom. The van der Waals surface area contributed by atoms with Crippen molar-refractivity contribution in [3.05, 3.63) is 28.8 Å². The van der Waals surface area contributed by atoms with Crippen LogP contribution in [-0.4, -0.2) is 56.3 Å². The van der Waals surface area contributed by atoms with Crippen LogP contribution in [-0.2, 0) is 10.2 Å². The molecule has 0 spiro atoms. The standard InChI is InChI=1S/C17H26ClN3O2S/c1-14-5-7-20(8-6-14)24(22,23)21-11-9-19(10-12-21)16-4-3-15(2)17(18)13-16/h3-4,13-14H,5-12H2,1-2H3. The van der Waals surface area contributed by atoms with E-state index >= 15 is 0 Å². The molecule has 7 heteroatoms. The molecule has 2 saturated heterocycles. The average Bonchev–Trinajstić information content (AvgIpc) is 2.58. The van der Waals surface area contributed by atoms with Gasteiger partial charge in [0, 0.05) is 50.0 Å². The molecule has 2 heterocycles. The average molecular weight is 372 g/mol. The molecule has 0 amide bonds. The first-order chi connectivity index (χ1) is 11.4. The highest BCUT2D eigenvalue weighted by atomic mass is 35.5. The lowest BCUT2D eigenvalue weighted by atomic mass is 10.0. The fourth-order valence-electron chi connectivity index (χ4n) is 3.33. The number of halogens is 1. The van der Waals surface area contributed by atoms with E-state index in [2.05, 4.69) is 17.9 Å². The summed E-state index contributed by atoms with van der Waals surface area (Å²) in [7, 11) is -3.32. The largest absolute Gasteiger partial charge is 0.369 e. The minimum absolute atomic E-state index is 0.528. The normalized spacial score (nSPS) is 22.0. The zero-order chi connectivity index (χ0) is 17.3. The lowest BCUT2D eigenvalue weighted by Gasteiger charge is -2.39. The molecular formula is C17H26ClN3O2S. The molecule has 2 aliphatic rings. The van der Waals surface area contributed by atoms with Gasteiger partial charge in [0.2, 0.25) is 0 Å². The van der Waals surface area contributed by atoms with Gasteiger partial charge in [0.25, 0.3) is 10.2 Å². The second kappa shape index (κ2) is 7.20. The predicted octanol–water partition coefficient (Wildman–Crippen LogP) is 2.75. The fourth-order valence-corrected chi connectivity index (χ4v) is 5.13. The number of nitrogens with zero attached hydrogens (tertiary/aromatic N) is 3. The highest BCUT2D eigenvalue weighted by Crippen LogP contribution is 2.26. The van der Waals surface area contributed by atoms with Gasteiger partial charge in [0.05, 0.1) is 0 Å². The Balaban J connectivity index is 1.63. The van der Waals surface area contributed by atoms with Crippen LogP contribution in [0.15, 0.2) is 18.2 Å². The first-order valence-corrected chi connectivity index (χ1v) is 10.4. The Morgan fingerprint density at radius 2 is 1.58 bits per heavy atom. The van der Waals surface area contributed by atoms with Crippen molar-refractivity contribution in [2.75, 3.05) is 44.2 Å². The van der Waals surface area contributed by atoms with Gasteiger partial charge in [-0.15, -0.1) is 0 Å². The Kier molecular flexibility index (Phi) is 5.39. The molecule has 0 aliphatic carbocycles. The highest BCUT2D eigenvalue weighted by Gasteiger charge is 2.34. The van der Waals surface area contributed by atoms with Gasteiger partial charge >= 0.3 is 0 Å². The second-order valence-corrected chi connectivity index (χ2v) is 9.24. The lowest BCUT2D eigenvalue weighted by Crippen LogP contribution is -2.54. The second-order valence-electron chi connectivity index (χ2n) is 6.91.